The molecule has 2 amide bonds. The van der Waals surface area contributed by atoms with E-state index in [4.69, 9.17) is 21.1 Å². The Labute approximate surface area is 234 Å². The molecule has 0 atom stereocenters. The fourth-order valence-electron chi connectivity index (χ4n) is 3.49. The molecule has 0 bridgehead atoms. The highest BCUT2D eigenvalue weighted by Gasteiger charge is 2.14. The van der Waals surface area contributed by atoms with Crippen LogP contribution in [0.25, 0.3) is 0 Å². The lowest BCUT2D eigenvalue weighted by Gasteiger charge is -2.11. The highest BCUT2D eigenvalue weighted by molar-refractivity contribution is 7.15. The van der Waals surface area contributed by atoms with Crippen molar-refractivity contribution in [1.29, 1.82) is 0 Å². The van der Waals surface area contributed by atoms with E-state index in [0.29, 0.717) is 45.3 Å². The molecule has 0 aliphatic carbocycles. The molecule has 0 radical (unpaired) electrons. The Balaban J connectivity index is 1.27. The molecule has 9 nitrogen and oxygen atoms in total. The van der Waals surface area contributed by atoms with Gasteiger partial charge in [0, 0.05) is 16.1 Å². The second-order valence-corrected chi connectivity index (χ2v) is 9.93. The van der Waals surface area contributed by atoms with Gasteiger partial charge in [-0.25, -0.2) is 5.43 Å². The molecule has 0 spiro atoms. The number of carbonyl (C=O) groups excluding carboxylic acids is 2. The lowest BCUT2D eigenvalue weighted by molar-refractivity contribution is -0.120. The summed E-state index contributed by atoms with van der Waals surface area (Å²) in [6.45, 7) is 4.52. The van der Waals surface area contributed by atoms with Crippen molar-refractivity contribution < 1.29 is 19.1 Å². The van der Waals surface area contributed by atoms with Crippen molar-refractivity contribution in [3.63, 3.8) is 0 Å². The van der Waals surface area contributed by atoms with Crippen LogP contribution in [-0.2, 0) is 11.2 Å². The molecule has 0 aliphatic rings. The molecule has 2 N–H and O–H groups in total. The number of aryl methyl sites for hydroxylation is 2. The first-order valence-electron chi connectivity index (χ1n) is 12.0. The molecular weight excluding hydrogens is 538 g/mol. The second kappa shape index (κ2) is 13.5. The van der Waals surface area contributed by atoms with Crippen molar-refractivity contribution in [2.75, 3.05) is 18.5 Å². The maximum absolute atomic E-state index is 12.5. The van der Waals surface area contributed by atoms with E-state index in [1.54, 1.807) is 30.3 Å². The quantitative estimate of drug-likeness (QED) is 0.147. The van der Waals surface area contributed by atoms with Crippen LogP contribution in [0.5, 0.6) is 11.5 Å². The Bertz CT molecular complexity index is 1490. The first kappa shape index (κ1) is 27.7. The Morgan fingerprint density at radius 3 is 2.64 bits per heavy atom. The van der Waals surface area contributed by atoms with Crippen LogP contribution in [0.2, 0.25) is 5.02 Å². The maximum atomic E-state index is 12.5. The number of benzene rings is 3. The number of nitrogens with one attached hydrogen (secondary N) is 2. The smallest absolute Gasteiger partial charge is 0.257 e. The van der Waals surface area contributed by atoms with Crippen molar-refractivity contribution in [3.8, 4) is 11.5 Å². The van der Waals surface area contributed by atoms with E-state index in [0.717, 1.165) is 28.2 Å². The summed E-state index contributed by atoms with van der Waals surface area (Å²) in [6, 6.07) is 20.1. The van der Waals surface area contributed by atoms with E-state index in [1.807, 2.05) is 50.2 Å². The largest absolute Gasteiger partial charge is 0.490 e. The Morgan fingerprint density at radius 2 is 1.82 bits per heavy atom. The number of ether oxygens (including phenoxy) is 2. The monoisotopic (exact) mass is 563 g/mol. The molecule has 1 heterocycles. The Kier molecular flexibility index (Phi) is 9.60. The third kappa shape index (κ3) is 8.36. The standard InChI is InChI=1S/C28H26ClN5O4S/c1-18-6-5-8-22(14-18)37-12-13-38-24-11-10-21(29)15-20(24)17-30-32-25(35)16-26-33-34-28(39-26)31-27(36)23-9-4-3-7-19(23)2/h3-11,14-15,17H,12-13,16H2,1-2H3,(H,32,35)(H,31,34,36)/b30-17+. The summed E-state index contributed by atoms with van der Waals surface area (Å²) < 4.78 is 11.5. The average molecular weight is 564 g/mol. The number of carbonyl (C=O) groups is 2. The second-order valence-electron chi connectivity index (χ2n) is 8.44. The summed E-state index contributed by atoms with van der Waals surface area (Å²) in [6.07, 6.45) is 1.40. The number of hydrogen-bond acceptors (Lipinski definition) is 8. The minimum atomic E-state index is -0.393. The van der Waals surface area contributed by atoms with Crippen LogP contribution in [0.15, 0.2) is 71.8 Å². The number of rotatable bonds is 11. The number of amides is 2. The maximum Gasteiger partial charge on any atom is 0.257 e. The molecule has 0 unspecified atom stereocenters. The van der Waals surface area contributed by atoms with Gasteiger partial charge in [0.2, 0.25) is 11.0 Å². The highest BCUT2D eigenvalue weighted by atomic mass is 35.5. The predicted molar refractivity (Wildman–Crippen MR) is 152 cm³/mol. The molecule has 4 rings (SSSR count). The zero-order valence-electron chi connectivity index (χ0n) is 21.3. The summed E-state index contributed by atoms with van der Waals surface area (Å²) in [5, 5.41) is 15.9. The van der Waals surface area contributed by atoms with Crippen LogP contribution >= 0.6 is 22.9 Å². The summed E-state index contributed by atoms with van der Waals surface area (Å²) >= 11 is 7.25. The zero-order chi connectivity index (χ0) is 27.6. The van der Waals surface area contributed by atoms with E-state index < -0.39 is 5.91 Å². The van der Waals surface area contributed by atoms with Gasteiger partial charge in [-0.05, 0) is 61.4 Å². The van der Waals surface area contributed by atoms with Gasteiger partial charge in [-0.2, -0.15) is 5.10 Å². The van der Waals surface area contributed by atoms with Gasteiger partial charge in [-0.15, -0.1) is 10.2 Å². The minimum absolute atomic E-state index is 0.0511. The number of halogens is 1. The number of anilines is 1. The normalized spacial score (nSPS) is 10.8. The first-order chi connectivity index (χ1) is 18.9. The third-order valence-electron chi connectivity index (χ3n) is 5.35. The number of nitrogens with zero attached hydrogens (tertiary/aromatic N) is 3. The van der Waals surface area contributed by atoms with Crippen LogP contribution in [0.3, 0.4) is 0 Å². The van der Waals surface area contributed by atoms with Crippen molar-refractivity contribution >= 4 is 46.1 Å². The molecule has 4 aromatic rings. The molecule has 39 heavy (non-hydrogen) atoms. The number of aromatic nitrogens is 2. The van der Waals surface area contributed by atoms with Crippen molar-refractivity contribution in [3.05, 3.63) is 99.0 Å². The predicted octanol–water partition coefficient (Wildman–Crippen LogP) is 5.21. The molecule has 3 aromatic carbocycles. The van der Waals surface area contributed by atoms with Gasteiger partial charge in [-0.3, -0.25) is 14.9 Å². The zero-order valence-corrected chi connectivity index (χ0v) is 22.9. The summed E-state index contributed by atoms with van der Waals surface area (Å²) in [4.78, 5) is 24.8. The minimum Gasteiger partial charge on any atom is -0.490 e. The SMILES string of the molecule is Cc1cccc(OCCOc2ccc(Cl)cc2/C=N/NC(=O)Cc2nnc(NC(=O)c3ccccc3C)s2)c1. The van der Waals surface area contributed by atoms with E-state index >= 15 is 0 Å². The van der Waals surface area contributed by atoms with Gasteiger partial charge in [0.1, 0.15) is 29.7 Å². The van der Waals surface area contributed by atoms with Crippen LogP contribution in [0.4, 0.5) is 5.13 Å². The Hall–Kier alpha value is -4.28. The number of hydrazone groups is 1. The van der Waals surface area contributed by atoms with Gasteiger partial charge >= 0.3 is 0 Å². The van der Waals surface area contributed by atoms with Gasteiger partial charge < -0.3 is 9.47 Å². The summed E-state index contributed by atoms with van der Waals surface area (Å²) in [5.74, 6) is 0.639. The first-order valence-corrected chi connectivity index (χ1v) is 13.2. The molecule has 0 aliphatic heterocycles. The molecule has 1 aromatic heterocycles. The van der Waals surface area contributed by atoms with Gasteiger partial charge in [-0.1, -0.05) is 53.3 Å². The number of hydrogen-bond donors (Lipinski definition) is 2. The van der Waals surface area contributed by atoms with Crippen LogP contribution in [-0.4, -0.2) is 41.4 Å². The van der Waals surface area contributed by atoms with Gasteiger partial charge in [0.05, 0.1) is 12.6 Å². The molecule has 11 heteroatoms. The topological polar surface area (TPSA) is 115 Å². The lowest BCUT2D eigenvalue weighted by Crippen LogP contribution is -2.19. The fourth-order valence-corrected chi connectivity index (χ4v) is 4.40. The van der Waals surface area contributed by atoms with Gasteiger partial charge in [0.15, 0.2) is 0 Å². The molecule has 200 valence electrons. The van der Waals surface area contributed by atoms with Crippen molar-refractivity contribution in [2.24, 2.45) is 5.10 Å². The van der Waals surface area contributed by atoms with E-state index in [-0.39, 0.29) is 12.3 Å². The van der Waals surface area contributed by atoms with E-state index in [9.17, 15) is 9.59 Å². The fraction of sp³-hybridized carbons (Fsp3) is 0.179. The van der Waals surface area contributed by atoms with Crippen LogP contribution < -0.4 is 20.2 Å². The molecule has 0 fully saturated rings. The highest BCUT2D eigenvalue weighted by Crippen LogP contribution is 2.22. The van der Waals surface area contributed by atoms with Crippen LogP contribution in [0.1, 0.15) is 32.1 Å². The summed E-state index contributed by atoms with van der Waals surface area (Å²) in [7, 11) is 0. The van der Waals surface area contributed by atoms with E-state index in [2.05, 4.69) is 26.0 Å². The Morgan fingerprint density at radius 1 is 1.00 bits per heavy atom. The molecule has 0 saturated heterocycles. The summed E-state index contributed by atoms with van der Waals surface area (Å²) in [5.41, 5.74) is 5.56. The average Bonchev–Trinajstić information content (AvgIpc) is 3.34. The van der Waals surface area contributed by atoms with Crippen molar-refractivity contribution in [2.45, 2.75) is 20.3 Å². The molecular formula is C28H26ClN5O4S. The molecule has 0 saturated carbocycles. The van der Waals surface area contributed by atoms with Crippen molar-refractivity contribution in [1.82, 2.24) is 15.6 Å². The van der Waals surface area contributed by atoms with Crippen LogP contribution in [0, 0.1) is 13.8 Å². The van der Waals surface area contributed by atoms with Gasteiger partial charge in [0.25, 0.3) is 5.91 Å². The van der Waals surface area contributed by atoms with E-state index in [1.165, 1.54) is 6.21 Å². The third-order valence-corrected chi connectivity index (χ3v) is 6.43. The lowest BCUT2D eigenvalue weighted by atomic mass is 10.1.